The van der Waals surface area contributed by atoms with Crippen molar-refractivity contribution in [3.63, 3.8) is 0 Å². The molecule has 1 heterocycles. The Balaban J connectivity index is 1.73. The van der Waals surface area contributed by atoms with Gasteiger partial charge in [-0.2, -0.15) is 0 Å². The minimum Gasteiger partial charge on any atom is -0.493 e. The van der Waals surface area contributed by atoms with Crippen LogP contribution in [0.3, 0.4) is 0 Å². The Bertz CT molecular complexity index is 847. The summed E-state index contributed by atoms with van der Waals surface area (Å²) >= 11 is 0. The molecule has 0 bridgehead atoms. The molecule has 30 heavy (non-hydrogen) atoms. The number of rotatable bonds is 8. The van der Waals surface area contributed by atoms with Crippen molar-refractivity contribution in [1.29, 1.82) is 0 Å². The van der Waals surface area contributed by atoms with E-state index in [1.165, 1.54) is 24.1 Å². The van der Waals surface area contributed by atoms with Crippen molar-refractivity contribution in [1.82, 2.24) is 10.6 Å². The van der Waals surface area contributed by atoms with Crippen LogP contribution in [0.1, 0.15) is 43.9 Å². The Morgan fingerprint density at radius 2 is 1.87 bits per heavy atom. The lowest BCUT2D eigenvalue weighted by atomic mass is 10.1. The van der Waals surface area contributed by atoms with Crippen LogP contribution in [0.25, 0.3) is 0 Å². The van der Waals surface area contributed by atoms with Crippen LogP contribution >= 0.6 is 0 Å². The highest BCUT2D eigenvalue weighted by molar-refractivity contribution is 5.80. The number of nitrogens with zero attached hydrogens (tertiary/aromatic N) is 2. The third-order valence-corrected chi connectivity index (χ3v) is 5.43. The number of anilines is 1. The van der Waals surface area contributed by atoms with Crippen molar-refractivity contribution in [2.24, 2.45) is 4.99 Å². The van der Waals surface area contributed by atoms with Gasteiger partial charge in [0.05, 0.1) is 26.8 Å². The minimum absolute atomic E-state index is 0.137. The summed E-state index contributed by atoms with van der Waals surface area (Å²) in [4.78, 5) is 7.24. The number of para-hydroxylation sites is 1. The van der Waals surface area contributed by atoms with E-state index in [1.807, 2.05) is 18.2 Å². The van der Waals surface area contributed by atoms with Gasteiger partial charge < -0.3 is 25.0 Å². The summed E-state index contributed by atoms with van der Waals surface area (Å²) in [5.41, 5.74) is 3.54. The zero-order valence-corrected chi connectivity index (χ0v) is 18.6. The van der Waals surface area contributed by atoms with Crippen molar-refractivity contribution in [2.75, 3.05) is 38.8 Å². The predicted octanol–water partition coefficient (Wildman–Crippen LogP) is 4.12. The van der Waals surface area contributed by atoms with Crippen molar-refractivity contribution in [3.05, 3.63) is 53.6 Å². The lowest BCUT2D eigenvalue weighted by molar-refractivity contribution is 0.352. The number of aliphatic imine (C=N–C) groups is 1. The zero-order chi connectivity index (χ0) is 21.3. The molecule has 1 aliphatic rings. The molecule has 6 nitrogen and oxygen atoms in total. The van der Waals surface area contributed by atoms with Crippen LogP contribution < -0.4 is 25.0 Å². The summed E-state index contributed by atoms with van der Waals surface area (Å²) in [6, 6.07) is 14.8. The highest BCUT2D eigenvalue weighted by atomic mass is 16.5. The average Bonchev–Trinajstić information content (AvgIpc) is 3.32. The maximum Gasteiger partial charge on any atom is 0.192 e. The lowest BCUT2D eigenvalue weighted by Gasteiger charge is -2.22. The molecule has 3 rings (SSSR count). The van der Waals surface area contributed by atoms with Crippen LogP contribution in [-0.2, 0) is 6.54 Å². The number of benzene rings is 2. The third kappa shape index (κ3) is 5.38. The molecule has 1 aliphatic heterocycles. The SMILES string of the molecule is CCNC(=NCc1cccc(OC)c1OC)NC(C)c1cccc(N2CCCC2)c1. The average molecular weight is 411 g/mol. The molecule has 2 aromatic rings. The van der Waals surface area contributed by atoms with Gasteiger partial charge in [-0.25, -0.2) is 4.99 Å². The number of methoxy groups -OCH3 is 2. The first-order chi connectivity index (χ1) is 14.7. The van der Waals surface area contributed by atoms with Crippen LogP contribution in [-0.4, -0.2) is 39.8 Å². The third-order valence-electron chi connectivity index (χ3n) is 5.43. The normalized spacial score (nSPS) is 15.1. The van der Waals surface area contributed by atoms with Gasteiger partial charge in [0.25, 0.3) is 0 Å². The van der Waals surface area contributed by atoms with Gasteiger partial charge in [0.1, 0.15) is 0 Å². The molecule has 2 aromatic carbocycles. The van der Waals surface area contributed by atoms with E-state index in [-0.39, 0.29) is 6.04 Å². The number of guanidine groups is 1. The molecule has 1 atom stereocenters. The van der Waals surface area contributed by atoms with Crippen LogP contribution in [0, 0.1) is 0 Å². The molecular weight excluding hydrogens is 376 g/mol. The van der Waals surface area contributed by atoms with Crippen LogP contribution in [0.2, 0.25) is 0 Å². The largest absolute Gasteiger partial charge is 0.493 e. The fourth-order valence-electron chi connectivity index (χ4n) is 3.82. The molecule has 1 saturated heterocycles. The molecule has 0 radical (unpaired) electrons. The summed E-state index contributed by atoms with van der Waals surface area (Å²) < 4.78 is 10.9. The van der Waals surface area contributed by atoms with E-state index in [9.17, 15) is 0 Å². The maximum absolute atomic E-state index is 5.53. The first-order valence-electron chi connectivity index (χ1n) is 10.8. The second kappa shape index (κ2) is 10.8. The monoisotopic (exact) mass is 410 g/mol. The lowest BCUT2D eigenvalue weighted by Crippen LogP contribution is -2.38. The molecule has 0 spiro atoms. The number of nitrogens with one attached hydrogen (secondary N) is 2. The first-order valence-corrected chi connectivity index (χ1v) is 10.8. The standard InChI is InChI=1S/C24H34N4O2/c1-5-25-24(26-17-20-11-9-13-22(29-3)23(20)30-4)27-18(2)19-10-8-12-21(16-19)28-14-6-7-15-28/h8-13,16,18H,5-7,14-15,17H2,1-4H3,(H2,25,26,27). The smallest absolute Gasteiger partial charge is 0.192 e. The maximum atomic E-state index is 5.53. The molecule has 1 fully saturated rings. The van der Waals surface area contributed by atoms with Crippen LogP contribution in [0.5, 0.6) is 11.5 Å². The number of hydrogen-bond acceptors (Lipinski definition) is 4. The minimum atomic E-state index is 0.137. The summed E-state index contributed by atoms with van der Waals surface area (Å²) in [6.45, 7) is 7.83. The Morgan fingerprint density at radius 3 is 2.57 bits per heavy atom. The Morgan fingerprint density at radius 1 is 1.10 bits per heavy atom. The summed E-state index contributed by atoms with van der Waals surface area (Å²) in [5, 5.41) is 6.88. The summed E-state index contributed by atoms with van der Waals surface area (Å²) in [6.07, 6.45) is 2.56. The van der Waals surface area contributed by atoms with Gasteiger partial charge in [-0.05, 0) is 50.5 Å². The molecule has 162 valence electrons. The van der Waals surface area contributed by atoms with Gasteiger partial charge in [0.2, 0.25) is 0 Å². The Hall–Kier alpha value is -2.89. The van der Waals surface area contributed by atoms with E-state index < -0.39 is 0 Å². The summed E-state index contributed by atoms with van der Waals surface area (Å²) in [7, 11) is 3.30. The molecule has 1 unspecified atom stereocenters. The Kier molecular flexibility index (Phi) is 7.82. The van der Waals surface area contributed by atoms with E-state index in [1.54, 1.807) is 14.2 Å². The molecule has 0 aromatic heterocycles. The van der Waals surface area contributed by atoms with Crippen molar-refractivity contribution in [3.8, 4) is 11.5 Å². The highest BCUT2D eigenvalue weighted by Crippen LogP contribution is 2.31. The van der Waals surface area contributed by atoms with Gasteiger partial charge in [0.15, 0.2) is 17.5 Å². The van der Waals surface area contributed by atoms with Crippen molar-refractivity contribution in [2.45, 2.75) is 39.3 Å². The quantitative estimate of drug-likeness (QED) is 0.506. The van der Waals surface area contributed by atoms with E-state index >= 15 is 0 Å². The van der Waals surface area contributed by atoms with Gasteiger partial charge >= 0.3 is 0 Å². The summed E-state index contributed by atoms with van der Waals surface area (Å²) in [5.74, 6) is 2.22. The Labute approximate surface area is 180 Å². The number of hydrogen-bond donors (Lipinski definition) is 2. The van der Waals surface area contributed by atoms with E-state index in [4.69, 9.17) is 14.5 Å². The van der Waals surface area contributed by atoms with Gasteiger partial charge in [-0.1, -0.05) is 24.3 Å². The molecule has 6 heteroatoms. The number of ether oxygens (including phenoxy) is 2. The first kappa shape index (κ1) is 21.8. The molecule has 0 amide bonds. The fraction of sp³-hybridized carbons (Fsp3) is 0.458. The van der Waals surface area contributed by atoms with Crippen molar-refractivity contribution < 1.29 is 9.47 Å². The zero-order valence-electron chi connectivity index (χ0n) is 18.6. The van der Waals surface area contributed by atoms with E-state index in [0.717, 1.165) is 42.7 Å². The van der Waals surface area contributed by atoms with Gasteiger partial charge in [-0.15, -0.1) is 0 Å². The van der Waals surface area contributed by atoms with Gasteiger partial charge in [-0.3, -0.25) is 0 Å². The van der Waals surface area contributed by atoms with Crippen LogP contribution in [0.4, 0.5) is 5.69 Å². The fourth-order valence-corrected chi connectivity index (χ4v) is 3.82. The molecule has 0 aliphatic carbocycles. The second-order valence-corrected chi connectivity index (χ2v) is 7.50. The molecule has 0 saturated carbocycles. The van der Waals surface area contributed by atoms with Crippen LogP contribution in [0.15, 0.2) is 47.5 Å². The molecule has 2 N–H and O–H groups in total. The molecular formula is C24H34N4O2. The highest BCUT2D eigenvalue weighted by Gasteiger charge is 2.15. The second-order valence-electron chi connectivity index (χ2n) is 7.50. The van der Waals surface area contributed by atoms with E-state index in [2.05, 4.69) is 53.6 Å². The predicted molar refractivity (Wildman–Crippen MR) is 124 cm³/mol. The van der Waals surface area contributed by atoms with Gasteiger partial charge in [0, 0.05) is 30.9 Å². The van der Waals surface area contributed by atoms with E-state index in [0.29, 0.717) is 6.54 Å². The van der Waals surface area contributed by atoms with Crippen molar-refractivity contribution >= 4 is 11.6 Å². The topological polar surface area (TPSA) is 58.1 Å².